The van der Waals surface area contributed by atoms with Gasteiger partial charge in [-0.2, -0.15) is 4.98 Å². The van der Waals surface area contributed by atoms with Gasteiger partial charge in [0.1, 0.15) is 11.5 Å². The topological polar surface area (TPSA) is 80.3 Å². The minimum absolute atomic E-state index is 0.0106. The van der Waals surface area contributed by atoms with Crippen LogP contribution in [0.1, 0.15) is 5.56 Å². The van der Waals surface area contributed by atoms with E-state index < -0.39 is 23.4 Å². The Morgan fingerprint density at radius 3 is 2.42 bits per heavy atom. The summed E-state index contributed by atoms with van der Waals surface area (Å²) in [5.74, 6) is -0.584. The Bertz CT molecular complexity index is 1520. The number of aromatic nitrogens is 4. The number of nitrogens with zero attached hydrogens (tertiary/aromatic N) is 4. The van der Waals surface area contributed by atoms with Crippen LogP contribution in [0.5, 0.6) is 17.5 Å². The summed E-state index contributed by atoms with van der Waals surface area (Å²) in [5, 5.41) is 0.486. The lowest BCUT2D eigenvalue weighted by molar-refractivity contribution is -0.274. The lowest BCUT2D eigenvalue weighted by atomic mass is 10.00. The third-order valence-electron chi connectivity index (χ3n) is 5.16. The van der Waals surface area contributed by atoms with Gasteiger partial charge in [0, 0.05) is 24.7 Å². The third-order valence-corrected chi connectivity index (χ3v) is 5.41. The van der Waals surface area contributed by atoms with Gasteiger partial charge >= 0.3 is 25.6 Å². The van der Waals surface area contributed by atoms with Crippen molar-refractivity contribution in [1.82, 2.24) is 18.7 Å². The molecule has 8 nitrogen and oxygen atoms in total. The van der Waals surface area contributed by atoms with Crippen LogP contribution in [-0.2, 0) is 20.1 Å². The first-order valence-corrected chi connectivity index (χ1v) is 10.8. The number of rotatable bonds is 8. The third kappa shape index (κ3) is 5.40. The molecule has 4 rings (SSSR count). The molecule has 0 amide bonds. The molecule has 1 radical (unpaired) electrons. The number of benzene rings is 2. The maximum absolute atomic E-state index is 13.1. The summed E-state index contributed by atoms with van der Waals surface area (Å²) in [6, 6.07) is 11.3. The van der Waals surface area contributed by atoms with Crippen molar-refractivity contribution in [1.29, 1.82) is 0 Å². The highest BCUT2D eigenvalue weighted by Crippen LogP contribution is 2.30. The standard InChI is InChI=1S/C22H17BClF4N4O4/c1-30-19(33)17-18(31(21(30)34)10-9-23-28)29-20(32(17)12-13-5-7-14(24)8-6-13)35-15-3-2-4-16(11-15)36-22(25,26)27/h2-8,11H,9-10,12H2,1H3. The number of alkyl halides is 3. The molecule has 0 N–H and O–H groups in total. The van der Waals surface area contributed by atoms with Gasteiger partial charge in [0.2, 0.25) is 0 Å². The van der Waals surface area contributed by atoms with Gasteiger partial charge in [0.05, 0.1) is 6.54 Å². The van der Waals surface area contributed by atoms with Gasteiger partial charge in [-0.3, -0.25) is 18.5 Å². The number of hydrogen-bond acceptors (Lipinski definition) is 5. The summed E-state index contributed by atoms with van der Waals surface area (Å²) in [6.45, 7) is -0.0588. The first-order valence-electron chi connectivity index (χ1n) is 10.5. The van der Waals surface area contributed by atoms with E-state index in [4.69, 9.17) is 16.3 Å². The molecule has 36 heavy (non-hydrogen) atoms. The molecule has 2 heterocycles. The van der Waals surface area contributed by atoms with Gasteiger partial charge in [-0.1, -0.05) is 29.8 Å². The Kier molecular flexibility index (Phi) is 7.11. The summed E-state index contributed by atoms with van der Waals surface area (Å²) in [6.07, 6.45) is -5.03. The molecule has 0 unspecified atom stereocenters. The highest BCUT2D eigenvalue weighted by Gasteiger charge is 2.31. The molecule has 0 atom stereocenters. The highest BCUT2D eigenvalue weighted by molar-refractivity contribution is 6.30. The van der Waals surface area contributed by atoms with Crippen molar-refractivity contribution in [2.45, 2.75) is 25.8 Å². The summed E-state index contributed by atoms with van der Waals surface area (Å²) >= 11 is 5.96. The first-order chi connectivity index (χ1) is 17.1. The molecule has 4 aromatic rings. The van der Waals surface area contributed by atoms with E-state index in [0.717, 1.165) is 21.3 Å². The SMILES string of the molecule is Cn1c(=O)c2c(nc(Oc3cccc(OC(F)(F)F)c3)n2Cc2ccc(Cl)cc2)n(CC[B]F)c1=O. The van der Waals surface area contributed by atoms with Gasteiger partial charge in [-0.15, -0.1) is 13.2 Å². The van der Waals surface area contributed by atoms with E-state index in [2.05, 4.69) is 9.72 Å². The van der Waals surface area contributed by atoms with Crippen molar-refractivity contribution in [2.24, 2.45) is 7.05 Å². The Hall–Kier alpha value is -3.74. The zero-order chi connectivity index (χ0) is 26.0. The number of fused-ring (bicyclic) bond motifs is 1. The molecular formula is C22H17BClF4N4O4. The van der Waals surface area contributed by atoms with E-state index in [1.165, 1.54) is 23.7 Å². The quantitative estimate of drug-likeness (QED) is 0.254. The molecule has 2 aromatic heterocycles. The summed E-state index contributed by atoms with van der Waals surface area (Å²) in [5.41, 5.74) is -0.770. The van der Waals surface area contributed by atoms with Crippen molar-refractivity contribution in [3.05, 3.63) is 80.0 Å². The van der Waals surface area contributed by atoms with E-state index in [0.29, 0.717) is 18.1 Å². The average molecular weight is 524 g/mol. The van der Waals surface area contributed by atoms with E-state index in [9.17, 15) is 27.1 Å². The second kappa shape index (κ2) is 10.1. The molecule has 0 aliphatic heterocycles. The monoisotopic (exact) mass is 523 g/mol. The predicted octanol–water partition coefficient (Wildman–Crippen LogP) is 4.30. The molecule has 0 aliphatic rings. The molecule has 0 aliphatic carbocycles. The van der Waals surface area contributed by atoms with E-state index in [1.807, 2.05) is 0 Å². The molecule has 187 valence electrons. The molecule has 0 bridgehead atoms. The molecule has 0 saturated heterocycles. The van der Waals surface area contributed by atoms with E-state index in [-0.39, 0.29) is 42.3 Å². The lowest BCUT2D eigenvalue weighted by Gasteiger charge is -2.12. The van der Waals surface area contributed by atoms with Crippen molar-refractivity contribution in [3.8, 4) is 17.5 Å². The summed E-state index contributed by atoms with van der Waals surface area (Å²) < 4.78 is 63.8. The van der Waals surface area contributed by atoms with Crippen LogP contribution in [0.25, 0.3) is 11.2 Å². The van der Waals surface area contributed by atoms with Crippen LogP contribution in [0.4, 0.5) is 17.5 Å². The normalized spacial score (nSPS) is 11.6. The fraction of sp³-hybridized carbons (Fsp3) is 0.227. The Balaban J connectivity index is 1.88. The number of aryl methyl sites for hydroxylation is 1. The zero-order valence-electron chi connectivity index (χ0n) is 18.6. The van der Waals surface area contributed by atoms with Crippen molar-refractivity contribution < 1.29 is 27.0 Å². The van der Waals surface area contributed by atoms with Crippen LogP contribution >= 0.6 is 11.6 Å². The zero-order valence-corrected chi connectivity index (χ0v) is 19.4. The van der Waals surface area contributed by atoms with Crippen molar-refractivity contribution in [2.75, 3.05) is 0 Å². The highest BCUT2D eigenvalue weighted by atomic mass is 35.5. The number of halogens is 5. The predicted molar refractivity (Wildman–Crippen MR) is 125 cm³/mol. The summed E-state index contributed by atoms with van der Waals surface area (Å²) in [4.78, 5) is 30.1. The van der Waals surface area contributed by atoms with Crippen LogP contribution in [0.15, 0.2) is 58.1 Å². The molecular weight excluding hydrogens is 507 g/mol. The van der Waals surface area contributed by atoms with Crippen LogP contribution in [0.2, 0.25) is 11.3 Å². The van der Waals surface area contributed by atoms with Crippen LogP contribution < -0.4 is 20.7 Å². The molecule has 2 aromatic carbocycles. The smallest absolute Gasteiger partial charge is 0.425 e. The minimum atomic E-state index is -4.91. The lowest BCUT2D eigenvalue weighted by Crippen LogP contribution is -2.39. The van der Waals surface area contributed by atoms with Crippen LogP contribution in [-0.4, -0.2) is 32.6 Å². The van der Waals surface area contributed by atoms with Gasteiger partial charge in [0.25, 0.3) is 5.56 Å². The fourth-order valence-corrected chi connectivity index (χ4v) is 3.68. The van der Waals surface area contributed by atoms with Gasteiger partial charge in [-0.25, -0.2) is 4.79 Å². The van der Waals surface area contributed by atoms with Crippen molar-refractivity contribution >= 4 is 30.3 Å². The van der Waals surface area contributed by atoms with Crippen LogP contribution in [0.3, 0.4) is 0 Å². The number of imidazole rings is 1. The Morgan fingerprint density at radius 2 is 1.75 bits per heavy atom. The first kappa shape index (κ1) is 25.4. The van der Waals surface area contributed by atoms with E-state index >= 15 is 0 Å². The van der Waals surface area contributed by atoms with Crippen molar-refractivity contribution in [3.63, 3.8) is 0 Å². The molecule has 0 spiro atoms. The molecule has 14 heteroatoms. The van der Waals surface area contributed by atoms with Gasteiger partial charge < -0.3 is 13.8 Å². The maximum atomic E-state index is 13.1. The second-order valence-corrected chi connectivity index (χ2v) is 8.08. The van der Waals surface area contributed by atoms with Gasteiger partial charge in [-0.05, 0) is 36.1 Å². The average Bonchev–Trinajstić information content (AvgIpc) is 3.15. The Morgan fingerprint density at radius 1 is 1.06 bits per heavy atom. The summed E-state index contributed by atoms with van der Waals surface area (Å²) in [7, 11) is 1.65. The molecule has 0 fully saturated rings. The van der Waals surface area contributed by atoms with Crippen LogP contribution in [0, 0.1) is 0 Å². The molecule has 0 saturated carbocycles. The number of ether oxygens (including phenoxy) is 2. The fourth-order valence-electron chi connectivity index (χ4n) is 3.55. The largest absolute Gasteiger partial charge is 0.573 e. The van der Waals surface area contributed by atoms with Gasteiger partial charge in [0.15, 0.2) is 11.2 Å². The second-order valence-electron chi connectivity index (χ2n) is 7.65. The maximum Gasteiger partial charge on any atom is 0.573 e. The minimum Gasteiger partial charge on any atom is -0.425 e. The van der Waals surface area contributed by atoms with E-state index in [1.54, 1.807) is 24.3 Å². The Labute approximate surface area is 206 Å². The number of hydrogen-bond donors (Lipinski definition) is 0.